The molecule has 0 saturated carbocycles. The fourth-order valence-electron chi connectivity index (χ4n) is 5.12. The number of nitrogens with zero attached hydrogens (tertiary/aromatic N) is 1. The third kappa shape index (κ3) is 5.87. The lowest BCUT2D eigenvalue weighted by Gasteiger charge is -2.48. The topological polar surface area (TPSA) is 55.8 Å². The molecule has 212 valence electrons. The predicted molar refractivity (Wildman–Crippen MR) is 169 cm³/mol. The fourth-order valence-corrected chi connectivity index (χ4v) is 9.91. The third-order valence-corrected chi connectivity index (χ3v) is 16.2. The van der Waals surface area contributed by atoms with E-state index in [9.17, 15) is 9.59 Å². The van der Waals surface area contributed by atoms with Gasteiger partial charge in [0.1, 0.15) is 6.61 Å². The number of β-lactam (4-membered cyclic amide) rings is 1. The average Bonchev–Trinajstić information content (AvgIpc) is 3.24. The van der Waals surface area contributed by atoms with Gasteiger partial charge in [0, 0.05) is 5.75 Å². The maximum absolute atomic E-state index is 13.6. The SMILES string of the molecule is C[C@@H](O[Si](C)(C)C(C)(C)C)[C@H]1C(=O)N2[C@@H]1S[C@@H](SCc1ccc3ccccc3c1)[C@@H]2C(=O)OCc1ccccc1. The second kappa shape index (κ2) is 11.5. The lowest BCUT2D eigenvalue weighted by atomic mass is 9.91. The molecule has 2 aliphatic heterocycles. The molecule has 0 aromatic heterocycles. The summed E-state index contributed by atoms with van der Waals surface area (Å²) in [5, 5.41) is 2.38. The van der Waals surface area contributed by atoms with Crippen molar-refractivity contribution in [2.24, 2.45) is 5.92 Å². The van der Waals surface area contributed by atoms with Crippen LogP contribution in [-0.4, -0.2) is 47.2 Å². The highest BCUT2D eigenvalue weighted by Crippen LogP contribution is 2.54. The summed E-state index contributed by atoms with van der Waals surface area (Å²) in [5.74, 6) is 0.161. The van der Waals surface area contributed by atoms with E-state index in [0.717, 1.165) is 11.3 Å². The van der Waals surface area contributed by atoms with Crippen molar-refractivity contribution in [2.45, 2.75) is 80.3 Å². The van der Waals surface area contributed by atoms with E-state index in [1.54, 1.807) is 28.4 Å². The molecule has 3 aromatic carbocycles. The van der Waals surface area contributed by atoms with Crippen molar-refractivity contribution in [2.75, 3.05) is 0 Å². The number of carbonyl (C=O) groups is 2. The van der Waals surface area contributed by atoms with Gasteiger partial charge in [0.15, 0.2) is 14.4 Å². The molecule has 0 radical (unpaired) electrons. The van der Waals surface area contributed by atoms with Gasteiger partial charge in [-0.2, -0.15) is 0 Å². The molecule has 0 unspecified atom stereocenters. The van der Waals surface area contributed by atoms with Crippen LogP contribution >= 0.6 is 23.5 Å². The molecule has 5 atom stereocenters. The molecule has 0 aliphatic carbocycles. The molecule has 2 fully saturated rings. The summed E-state index contributed by atoms with van der Waals surface area (Å²) in [6, 6.07) is 23.9. The normalized spacial score (nSPS) is 23.6. The maximum Gasteiger partial charge on any atom is 0.331 e. The molecule has 2 aliphatic rings. The Labute approximate surface area is 247 Å². The van der Waals surface area contributed by atoms with Crippen molar-refractivity contribution in [1.29, 1.82) is 0 Å². The zero-order valence-corrected chi connectivity index (χ0v) is 26.8. The van der Waals surface area contributed by atoms with E-state index in [1.165, 1.54) is 16.3 Å². The van der Waals surface area contributed by atoms with Crippen molar-refractivity contribution in [3.05, 3.63) is 83.9 Å². The standard InChI is InChI=1S/C32H39NO4S2Si/c1-21(37-40(5,6)32(2,3)4)26-28(34)33-27(30(35)36-19-22-12-8-7-9-13-22)31(39-29(26)33)38-20-23-16-17-24-14-10-11-15-25(24)18-23/h7-18,21,26-27,29,31H,19-20H2,1-6H3/t21-,26+,27+,29-,31-/m1/s1. The quantitative estimate of drug-likeness (QED) is 0.146. The predicted octanol–water partition coefficient (Wildman–Crippen LogP) is 7.45. The maximum atomic E-state index is 13.6. The number of fused-ring (bicyclic) bond motifs is 2. The molecular formula is C32H39NO4S2Si. The summed E-state index contributed by atoms with van der Waals surface area (Å²) >= 11 is 3.44. The van der Waals surface area contributed by atoms with Crippen LogP contribution in [0, 0.1) is 5.92 Å². The van der Waals surface area contributed by atoms with Crippen LogP contribution in [0.1, 0.15) is 38.8 Å². The van der Waals surface area contributed by atoms with Gasteiger partial charge in [0.25, 0.3) is 0 Å². The molecule has 0 bridgehead atoms. The molecule has 0 N–H and O–H groups in total. The monoisotopic (exact) mass is 593 g/mol. The first-order valence-electron chi connectivity index (χ1n) is 13.9. The summed E-state index contributed by atoms with van der Waals surface area (Å²) in [6.07, 6.45) is -0.202. The van der Waals surface area contributed by atoms with Crippen molar-refractivity contribution in [3.8, 4) is 0 Å². The summed E-state index contributed by atoms with van der Waals surface area (Å²) in [6.45, 7) is 13.3. The minimum atomic E-state index is -2.05. The highest BCUT2D eigenvalue weighted by Gasteiger charge is 2.63. The third-order valence-electron chi connectivity index (χ3n) is 8.44. The first kappa shape index (κ1) is 29.2. The van der Waals surface area contributed by atoms with E-state index >= 15 is 0 Å². The van der Waals surface area contributed by atoms with Gasteiger partial charge in [-0.15, -0.1) is 23.5 Å². The number of hydrogen-bond donors (Lipinski definition) is 0. The molecule has 1 amide bonds. The Kier molecular flexibility index (Phi) is 8.44. The van der Waals surface area contributed by atoms with Crippen LogP contribution < -0.4 is 0 Å². The molecule has 2 heterocycles. The van der Waals surface area contributed by atoms with Crippen molar-refractivity contribution in [3.63, 3.8) is 0 Å². The van der Waals surface area contributed by atoms with E-state index in [2.05, 4.69) is 70.3 Å². The second-order valence-electron chi connectivity index (χ2n) is 12.3. The first-order chi connectivity index (χ1) is 19.0. The summed E-state index contributed by atoms with van der Waals surface area (Å²) in [5.41, 5.74) is 2.13. The van der Waals surface area contributed by atoms with Crippen LogP contribution in [0.15, 0.2) is 72.8 Å². The Balaban J connectivity index is 1.33. The molecule has 0 spiro atoms. The van der Waals surface area contributed by atoms with E-state index in [0.29, 0.717) is 0 Å². The Bertz CT molecular complexity index is 1380. The highest BCUT2D eigenvalue weighted by atomic mass is 32.2. The van der Waals surface area contributed by atoms with Gasteiger partial charge in [-0.3, -0.25) is 4.79 Å². The molecule has 5 nitrogen and oxygen atoms in total. The number of ether oxygens (including phenoxy) is 1. The van der Waals surface area contributed by atoms with Crippen molar-refractivity contribution < 1.29 is 18.8 Å². The van der Waals surface area contributed by atoms with E-state index in [4.69, 9.17) is 9.16 Å². The number of benzene rings is 3. The van der Waals surface area contributed by atoms with E-state index < -0.39 is 14.4 Å². The van der Waals surface area contributed by atoms with Gasteiger partial charge < -0.3 is 14.1 Å². The largest absolute Gasteiger partial charge is 0.459 e. The summed E-state index contributed by atoms with van der Waals surface area (Å²) in [7, 11) is -2.05. The smallest absolute Gasteiger partial charge is 0.331 e. The Morgan fingerprint density at radius 2 is 1.68 bits per heavy atom. The number of esters is 1. The number of hydrogen-bond acceptors (Lipinski definition) is 6. The number of thioether (sulfide) groups is 2. The summed E-state index contributed by atoms with van der Waals surface area (Å²) in [4.78, 5) is 28.9. The highest BCUT2D eigenvalue weighted by molar-refractivity contribution is 8.17. The van der Waals surface area contributed by atoms with Crippen LogP contribution in [0.3, 0.4) is 0 Å². The number of carbonyl (C=O) groups excluding carboxylic acids is 2. The first-order valence-corrected chi connectivity index (χ1v) is 18.8. The molecule has 2 saturated heterocycles. The van der Waals surface area contributed by atoms with Gasteiger partial charge >= 0.3 is 5.97 Å². The van der Waals surface area contributed by atoms with Gasteiger partial charge in [0.05, 0.1) is 22.0 Å². The fraction of sp³-hybridized carbons (Fsp3) is 0.438. The lowest BCUT2D eigenvalue weighted by molar-refractivity contribution is -0.169. The van der Waals surface area contributed by atoms with Gasteiger partial charge in [-0.1, -0.05) is 93.6 Å². The van der Waals surface area contributed by atoms with Crippen molar-refractivity contribution in [1.82, 2.24) is 4.90 Å². The summed E-state index contributed by atoms with van der Waals surface area (Å²) < 4.78 is 12.3. The van der Waals surface area contributed by atoms with Crippen molar-refractivity contribution >= 4 is 54.5 Å². The Morgan fingerprint density at radius 1 is 1.00 bits per heavy atom. The van der Waals surface area contributed by atoms with Gasteiger partial charge in [-0.05, 0) is 47.0 Å². The zero-order chi connectivity index (χ0) is 28.7. The van der Waals surface area contributed by atoms with E-state index in [1.807, 2.05) is 43.3 Å². The van der Waals surface area contributed by atoms with Gasteiger partial charge in [0.2, 0.25) is 5.91 Å². The van der Waals surface area contributed by atoms with Crippen LogP contribution in [0.25, 0.3) is 10.8 Å². The van der Waals surface area contributed by atoms with Crippen LogP contribution in [-0.2, 0) is 31.1 Å². The second-order valence-corrected chi connectivity index (χ2v) is 19.7. The Hall–Kier alpha value is -2.26. The minimum Gasteiger partial charge on any atom is -0.459 e. The van der Waals surface area contributed by atoms with Crippen LogP contribution in [0.4, 0.5) is 0 Å². The minimum absolute atomic E-state index is 0.000763. The van der Waals surface area contributed by atoms with Crippen LogP contribution in [0.5, 0.6) is 0 Å². The van der Waals surface area contributed by atoms with E-state index in [-0.39, 0.29) is 45.5 Å². The average molecular weight is 594 g/mol. The molecule has 3 aromatic rings. The number of amides is 1. The Morgan fingerprint density at radius 3 is 2.38 bits per heavy atom. The molecule has 40 heavy (non-hydrogen) atoms. The molecule has 8 heteroatoms. The van der Waals surface area contributed by atoms with Crippen LogP contribution in [0.2, 0.25) is 18.1 Å². The zero-order valence-electron chi connectivity index (χ0n) is 24.1. The lowest BCUT2D eigenvalue weighted by Crippen LogP contribution is -2.65. The van der Waals surface area contributed by atoms with Gasteiger partial charge in [-0.25, -0.2) is 4.79 Å². The molecule has 5 rings (SSSR count). The molecular weight excluding hydrogens is 555 g/mol. The number of rotatable bonds is 9.